The van der Waals surface area contributed by atoms with Gasteiger partial charge in [-0.25, -0.2) is 4.98 Å². The molecule has 3 nitrogen and oxygen atoms in total. The highest BCUT2D eigenvalue weighted by atomic mass is 32.1. The molecule has 17 heavy (non-hydrogen) atoms. The Labute approximate surface area is 105 Å². The maximum absolute atomic E-state index is 5.61. The number of thiazole rings is 1. The Morgan fingerprint density at radius 3 is 3.00 bits per heavy atom. The Kier molecular flexibility index (Phi) is 4.12. The van der Waals surface area contributed by atoms with Gasteiger partial charge in [0, 0.05) is 10.9 Å². The molecule has 4 heteroatoms. The summed E-state index contributed by atoms with van der Waals surface area (Å²) in [6, 6.07) is 8.01. The molecule has 1 aromatic carbocycles. The molecule has 1 heterocycles. The maximum atomic E-state index is 5.61. The van der Waals surface area contributed by atoms with E-state index < -0.39 is 0 Å². The first kappa shape index (κ1) is 12.1. The second-order valence-electron chi connectivity index (χ2n) is 3.77. The number of hydrogen-bond donors (Lipinski definition) is 1. The van der Waals surface area contributed by atoms with E-state index in [0.717, 1.165) is 28.4 Å². The van der Waals surface area contributed by atoms with Gasteiger partial charge in [0.25, 0.3) is 0 Å². The zero-order valence-corrected chi connectivity index (χ0v) is 10.7. The van der Waals surface area contributed by atoms with Crippen molar-refractivity contribution in [3.8, 4) is 17.0 Å². The molecule has 0 saturated heterocycles. The molecule has 0 fully saturated rings. The predicted molar refractivity (Wildman–Crippen MR) is 71.5 cm³/mol. The van der Waals surface area contributed by atoms with Crippen molar-refractivity contribution < 1.29 is 4.74 Å². The average molecular weight is 248 g/mol. The van der Waals surface area contributed by atoms with Crippen molar-refractivity contribution in [2.24, 2.45) is 5.73 Å². The summed E-state index contributed by atoms with van der Waals surface area (Å²) < 4.78 is 5.61. The van der Waals surface area contributed by atoms with Crippen LogP contribution in [0.1, 0.15) is 11.4 Å². The Bertz CT molecular complexity index is 482. The second kappa shape index (κ2) is 5.80. The van der Waals surface area contributed by atoms with E-state index in [1.807, 2.05) is 31.2 Å². The van der Waals surface area contributed by atoms with Gasteiger partial charge in [0.15, 0.2) is 0 Å². The molecule has 0 unspecified atom stereocenters. The molecular weight excluding hydrogens is 232 g/mol. The summed E-state index contributed by atoms with van der Waals surface area (Å²) in [6.07, 6.45) is 0.875. The molecule has 1 aromatic heterocycles. The fraction of sp³-hybridized carbons (Fsp3) is 0.308. The lowest BCUT2D eigenvalue weighted by molar-refractivity contribution is 0.313. The Balaban J connectivity index is 2.11. The first-order chi connectivity index (χ1) is 8.29. The fourth-order valence-corrected chi connectivity index (χ4v) is 2.14. The quantitative estimate of drug-likeness (QED) is 0.828. The van der Waals surface area contributed by atoms with Crippen molar-refractivity contribution >= 4 is 11.3 Å². The van der Waals surface area contributed by atoms with E-state index in [1.165, 1.54) is 0 Å². The van der Waals surface area contributed by atoms with E-state index in [-0.39, 0.29) is 0 Å². The molecule has 2 N–H and O–H groups in total. The van der Waals surface area contributed by atoms with Gasteiger partial charge >= 0.3 is 0 Å². The van der Waals surface area contributed by atoms with Gasteiger partial charge in [-0.3, -0.25) is 0 Å². The predicted octanol–water partition coefficient (Wildman–Crippen LogP) is 2.85. The van der Waals surface area contributed by atoms with Gasteiger partial charge in [0.1, 0.15) is 5.75 Å². The van der Waals surface area contributed by atoms with Gasteiger partial charge in [0.05, 0.1) is 17.3 Å². The number of aromatic nitrogens is 1. The number of ether oxygens (including phenoxy) is 1. The minimum absolute atomic E-state index is 0.658. The van der Waals surface area contributed by atoms with Gasteiger partial charge < -0.3 is 10.5 Å². The molecule has 90 valence electrons. The minimum atomic E-state index is 0.658. The maximum Gasteiger partial charge on any atom is 0.119 e. The third kappa shape index (κ3) is 3.28. The summed E-state index contributed by atoms with van der Waals surface area (Å²) in [5.74, 6) is 0.876. The number of nitrogens with zero attached hydrogens (tertiary/aromatic N) is 1. The van der Waals surface area contributed by atoms with Crippen molar-refractivity contribution in [1.29, 1.82) is 0 Å². The number of aryl methyl sites for hydroxylation is 1. The van der Waals surface area contributed by atoms with Crippen molar-refractivity contribution in [2.75, 3.05) is 13.2 Å². The number of rotatable bonds is 5. The summed E-state index contributed by atoms with van der Waals surface area (Å²) in [4.78, 5) is 4.46. The normalized spacial score (nSPS) is 10.5. The Morgan fingerprint density at radius 1 is 1.41 bits per heavy atom. The molecule has 0 aliphatic heterocycles. The summed E-state index contributed by atoms with van der Waals surface area (Å²) >= 11 is 1.66. The highest BCUT2D eigenvalue weighted by Crippen LogP contribution is 2.25. The van der Waals surface area contributed by atoms with Gasteiger partial charge in [-0.05, 0) is 32.0 Å². The first-order valence-corrected chi connectivity index (χ1v) is 6.53. The third-order valence-corrected chi connectivity index (χ3v) is 3.14. The monoisotopic (exact) mass is 248 g/mol. The van der Waals surface area contributed by atoms with Crippen molar-refractivity contribution in [3.63, 3.8) is 0 Å². The van der Waals surface area contributed by atoms with E-state index in [0.29, 0.717) is 13.2 Å². The van der Waals surface area contributed by atoms with Gasteiger partial charge in [-0.2, -0.15) is 0 Å². The largest absolute Gasteiger partial charge is 0.494 e. The van der Waals surface area contributed by atoms with Crippen LogP contribution in [0.15, 0.2) is 29.6 Å². The number of benzene rings is 1. The lowest BCUT2D eigenvalue weighted by Crippen LogP contribution is -2.06. The van der Waals surface area contributed by atoms with E-state index in [2.05, 4.69) is 10.4 Å². The van der Waals surface area contributed by atoms with E-state index in [1.54, 1.807) is 11.3 Å². The van der Waals surface area contributed by atoms with Crippen LogP contribution in [-0.4, -0.2) is 18.1 Å². The average Bonchev–Trinajstić information content (AvgIpc) is 2.77. The number of nitrogens with two attached hydrogens (primary N) is 1. The Morgan fingerprint density at radius 2 is 2.29 bits per heavy atom. The topological polar surface area (TPSA) is 48.1 Å². The van der Waals surface area contributed by atoms with Gasteiger partial charge in [-0.1, -0.05) is 12.1 Å². The molecular formula is C13H16N2OS. The van der Waals surface area contributed by atoms with Crippen LogP contribution in [0.25, 0.3) is 11.3 Å². The van der Waals surface area contributed by atoms with Gasteiger partial charge in [0.2, 0.25) is 0 Å². The van der Waals surface area contributed by atoms with Crippen molar-refractivity contribution in [1.82, 2.24) is 4.98 Å². The van der Waals surface area contributed by atoms with Crippen LogP contribution in [-0.2, 0) is 0 Å². The van der Waals surface area contributed by atoms with Crippen LogP contribution in [0.3, 0.4) is 0 Å². The summed E-state index contributed by atoms with van der Waals surface area (Å²) in [5.41, 5.74) is 7.54. The molecule has 0 saturated carbocycles. The SMILES string of the molecule is Cc1nc(-c2cccc(OCCCN)c2)cs1. The molecule has 0 aliphatic carbocycles. The van der Waals surface area contributed by atoms with Crippen LogP contribution in [0.5, 0.6) is 5.75 Å². The van der Waals surface area contributed by atoms with Crippen LogP contribution in [0, 0.1) is 6.92 Å². The standard InChI is InChI=1S/C13H16N2OS/c1-10-15-13(9-17-10)11-4-2-5-12(8-11)16-7-3-6-14/h2,4-5,8-9H,3,6-7,14H2,1H3. The molecule has 0 spiro atoms. The number of hydrogen-bond acceptors (Lipinski definition) is 4. The van der Waals surface area contributed by atoms with E-state index in [9.17, 15) is 0 Å². The van der Waals surface area contributed by atoms with E-state index in [4.69, 9.17) is 10.5 Å². The Hall–Kier alpha value is -1.39. The summed E-state index contributed by atoms with van der Waals surface area (Å²) in [7, 11) is 0. The van der Waals surface area contributed by atoms with Crippen LogP contribution >= 0.6 is 11.3 Å². The van der Waals surface area contributed by atoms with Crippen LogP contribution in [0.2, 0.25) is 0 Å². The second-order valence-corrected chi connectivity index (χ2v) is 4.83. The molecule has 2 rings (SSSR count). The third-order valence-electron chi connectivity index (χ3n) is 2.37. The van der Waals surface area contributed by atoms with Gasteiger partial charge in [-0.15, -0.1) is 11.3 Å². The highest BCUT2D eigenvalue weighted by molar-refractivity contribution is 7.09. The molecule has 0 aliphatic rings. The molecule has 0 atom stereocenters. The first-order valence-electron chi connectivity index (χ1n) is 5.65. The highest BCUT2D eigenvalue weighted by Gasteiger charge is 2.03. The fourth-order valence-electron chi connectivity index (χ4n) is 1.51. The zero-order valence-electron chi connectivity index (χ0n) is 9.85. The minimum Gasteiger partial charge on any atom is -0.494 e. The van der Waals surface area contributed by atoms with E-state index >= 15 is 0 Å². The summed E-state index contributed by atoms with van der Waals surface area (Å²) in [5, 5.41) is 3.14. The lowest BCUT2D eigenvalue weighted by Gasteiger charge is -2.06. The molecule has 0 radical (unpaired) electrons. The molecule has 0 bridgehead atoms. The zero-order chi connectivity index (χ0) is 12.1. The smallest absolute Gasteiger partial charge is 0.119 e. The van der Waals surface area contributed by atoms with Crippen molar-refractivity contribution in [3.05, 3.63) is 34.7 Å². The lowest BCUT2D eigenvalue weighted by atomic mass is 10.2. The van der Waals surface area contributed by atoms with Crippen molar-refractivity contribution in [2.45, 2.75) is 13.3 Å². The van der Waals surface area contributed by atoms with Crippen LogP contribution in [0.4, 0.5) is 0 Å². The van der Waals surface area contributed by atoms with Crippen LogP contribution < -0.4 is 10.5 Å². The molecule has 0 amide bonds. The summed E-state index contributed by atoms with van der Waals surface area (Å²) in [6.45, 7) is 3.33. The molecule has 2 aromatic rings.